The molecule has 2 amide bonds. The second kappa shape index (κ2) is 7.15. The van der Waals surface area contributed by atoms with Crippen LogP contribution in [-0.4, -0.2) is 29.8 Å². The Labute approximate surface area is 166 Å². The third kappa shape index (κ3) is 3.25. The minimum atomic E-state index is -4.53. The van der Waals surface area contributed by atoms with E-state index in [1.54, 1.807) is 12.1 Å². The fourth-order valence-electron chi connectivity index (χ4n) is 4.29. The minimum absolute atomic E-state index is 0.114. The molecule has 7 heteroatoms. The van der Waals surface area contributed by atoms with Crippen molar-refractivity contribution < 1.29 is 22.8 Å². The van der Waals surface area contributed by atoms with E-state index < -0.39 is 29.1 Å². The summed E-state index contributed by atoms with van der Waals surface area (Å²) in [7, 11) is 0. The number of carbonyl (C=O) groups is 2. The van der Waals surface area contributed by atoms with E-state index in [1.165, 1.54) is 23.1 Å². The Hall–Kier alpha value is -2.93. The maximum Gasteiger partial charge on any atom is 0.416 e. The molecule has 2 aromatic rings. The number of imide groups is 1. The first-order valence-electron chi connectivity index (χ1n) is 9.38. The molecule has 4 nitrogen and oxygen atoms in total. The highest BCUT2D eigenvalue weighted by Crippen LogP contribution is 2.45. The summed E-state index contributed by atoms with van der Waals surface area (Å²) < 4.78 is 39.6. The average Bonchev–Trinajstić information content (AvgIpc) is 2.95. The second-order valence-corrected chi connectivity index (χ2v) is 7.22. The number of hydrogen-bond donors (Lipinski definition) is 1. The topological polar surface area (TPSA) is 49.4 Å². The van der Waals surface area contributed by atoms with Crippen molar-refractivity contribution in [1.29, 1.82) is 0 Å². The summed E-state index contributed by atoms with van der Waals surface area (Å²) in [5, 5.41) is 3.23. The quantitative estimate of drug-likeness (QED) is 0.776. The lowest BCUT2D eigenvalue weighted by Crippen LogP contribution is -2.52. The number of carbonyl (C=O) groups excluding carboxylic acids is 2. The van der Waals surface area contributed by atoms with Gasteiger partial charge in [0.05, 0.1) is 11.1 Å². The van der Waals surface area contributed by atoms with Gasteiger partial charge in [-0.2, -0.15) is 13.2 Å². The number of alkyl halides is 3. The zero-order valence-electron chi connectivity index (χ0n) is 15.5. The van der Waals surface area contributed by atoms with Gasteiger partial charge in [0.15, 0.2) is 0 Å². The molecule has 150 valence electrons. The number of nitrogens with zero attached hydrogens (tertiary/aromatic N) is 1. The normalized spacial score (nSPS) is 18.4. The van der Waals surface area contributed by atoms with Crippen molar-refractivity contribution in [3.05, 3.63) is 76.9 Å². The largest absolute Gasteiger partial charge is 0.416 e. The molecule has 29 heavy (non-hydrogen) atoms. The summed E-state index contributed by atoms with van der Waals surface area (Å²) in [6.07, 6.45) is -1.20. The van der Waals surface area contributed by atoms with Gasteiger partial charge >= 0.3 is 6.18 Å². The van der Waals surface area contributed by atoms with Crippen molar-refractivity contribution in [1.82, 2.24) is 10.2 Å². The van der Waals surface area contributed by atoms with Crippen molar-refractivity contribution in [2.75, 3.05) is 13.1 Å². The number of benzene rings is 2. The number of amides is 2. The van der Waals surface area contributed by atoms with Crippen LogP contribution in [0.5, 0.6) is 0 Å². The molecule has 4 rings (SSSR count). The van der Waals surface area contributed by atoms with E-state index in [4.69, 9.17) is 0 Å². The number of nitrogens with one attached hydrogen (secondary N) is 1. The Morgan fingerprint density at radius 1 is 1.03 bits per heavy atom. The molecule has 0 bridgehead atoms. The molecule has 0 aliphatic carbocycles. The van der Waals surface area contributed by atoms with Gasteiger partial charge in [0, 0.05) is 11.6 Å². The van der Waals surface area contributed by atoms with E-state index in [-0.39, 0.29) is 5.56 Å². The maximum absolute atomic E-state index is 13.2. The molecular weight excluding hydrogens is 381 g/mol. The molecule has 0 radical (unpaired) electrons. The number of hydrogen-bond acceptors (Lipinski definition) is 3. The van der Waals surface area contributed by atoms with Gasteiger partial charge in [-0.15, -0.1) is 0 Å². The molecule has 2 aromatic carbocycles. The van der Waals surface area contributed by atoms with Crippen LogP contribution < -0.4 is 5.32 Å². The van der Waals surface area contributed by atoms with Crippen molar-refractivity contribution in [2.45, 2.75) is 24.6 Å². The molecule has 1 N–H and O–H groups in total. The molecule has 0 aromatic heterocycles. The molecular formula is C22H19F3N2O2. The van der Waals surface area contributed by atoms with E-state index in [0.717, 1.165) is 23.8 Å². The van der Waals surface area contributed by atoms with Crippen LogP contribution >= 0.6 is 0 Å². The van der Waals surface area contributed by atoms with Gasteiger partial charge in [0.25, 0.3) is 11.8 Å². The van der Waals surface area contributed by atoms with Gasteiger partial charge in [-0.1, -0.05) is 36.4 Å². The first kappa shape index (κ1) is 19.4. The minimum Gasteiger partial charge on any atom is -0.317 e. The predicted molar refractivity (Wildman–Crippen MR) is 102 cm³/mol. The van der Waals surface area contributed by atoms with E-state index in [2.05, 4.69) is 5.32 Å². The molecule has 0 atom stereocenters. The van der Waals surface area contributed by atoms with Gasteiger partial charge in [-0.05, 0) is 55.3 Å². The highest BCUT2D eigenvalue weighted by Gasteiger charge is 2.52. The van der Waals surface area contributed by atoms with Crippen LogP contribution in [0.1, 0.15) is 39.9 Å². The van der Waals surface area contributed by atoms with Crippen LogP contribution in [0.3, 0.4) is 0 Å². The zero-order valence-corrected chi connectivity index (χ0v) is 15.5. The summed E-state index contributed by atoms with van der Waals surface area (Å²) in [5.41, 5.74) is -0.409. The Kier molecular flexibility index (Phi) is 4.78. The van der Waals surface area contributed by atoms with Gasteiger partial charge in [-0.3, -0.25) is 14.5 Å². The van der Waals surface area contributed by atoms with Crippen molar-refractivity contribution in [3.63, 3.8) is 0 Å². The van der Waals surface area contributed by atoms with Crippen molar-refractivity contribution >= 4 is 17.9 Å². The third-order valence-electron chi connectivity index (χ3n) is 5.61. The zero-order chi connectivity index (χ0) is 20.6. The first-order chi connectivity index (χ1) is 13.8. The van der Waals surface area contributed by atoms with Crippen LogP contribution in [0, 0.1) is 0 Å². The monoisotopic (exact) mass is 400 g/mol. The standard InChI is InChI=1S/C22H19F3N2O2/c23-22(24,25)17-7-3-1-5-15(17)9-10-19(28)27-20(29)16-6-2-4-8-18(16)21(27)11-13-26-14-12-21/h1-10,26H,11-14H2. The maximum atomic E-state index is 13.2. The van der Waals surface area contributed by atoms with E-state index in [9.17, 15) is 22.8 Å². The number of fused-ring (bicyclic) bond motifs is 2. The highest BCUT2D eigenvalue weighted by atomic mass is 19.4. The Morgan fingerprint density at radius 2 is 1.69 bits per heavy atom. The fourth-order valence-corrected chi connectivity index (χ4v) is 4.29. The fraction of sp³-hybridized carbons (Fsp3) is 0.273. The van der Waals surface area contributed by atoms with Gasteiger partial charge < -0.3 is 5.32 Å². The smallest absolute Gasteiger partial charge is 0.317 e. The molecule has 1 saturated heterocycles. The van der Waals surface area contributed by atoms with E-state index in [1.807, 2.05) is 12.1 Å². The molecule has 2 aliphatic rings. The van der Waals surface area contributed by atoms with Crippen molar-refractivity contribution in [2.24, 2.45) is 0 Å². The number of piperidine rings is 1. The molecule has 1 fully saturated rings. The Balaban J connectivity index is 1.71. The SMILES string of the molecule is O=C(C=Cc1ccccc1C(F)(F)F)N1C(=O)c2ccccc2C12CCNCC2. The van der Waals surface area contributed by atoms with Gasteiger partial charge in [0.1, 0.15) is 0 Å². The third-order valence-corrected chi connectivity index (χ3v) is 5.61. The van der Waals surface area contributed by atoms with Crippen molar-refractivity contribution in [3.8, 4) is 0 Å². The lowest BCUT2D eigenvalue weighted by Gasteiger charge is -2.40. The van der Waals surface area contributed by atoms with Crippen LogP contribution in [0.15, 0.2) is 54.6 Å². The molecule has 0 unspecified atom stereocenters. The van der Waals surface area contributed by atoms with Crippen LogP contribution in [0.4, 0.5) is 13.2 Å². The molecule has 1 spiro atoms. The summed E-state index contributed by atoms with van der Waals surface area (Å²) >= 11 is 0. The molecule has 0 saturated carbocycles. The highest BCUT2D eigenvalue weighted by molar-refractivity contribution is 6.13. The van der Waals surface area contributed by atoms with Crippen LogP contribution in [-0.2, 0) is 16.5 Å². The second-order valence-electron chi connectivity index (χ2n) is 7.22. The summed E-state index contributed by atoms with van der Waals surface area (Å²) in [6.45, 7) is 1.29. The summed E-state index contributed by atoms with van der Waals surface area (Å²) in [6, 6.07) is 12.2. The first-order valence-corrected chi connectivity index (χ1v) is 9.38. The Bertz CT molecular complexity index is 992. The molecule has 2 heterocycles. The average molecular weight is 400 g/mol. The van der Waals surface area contributed by atoms with Crippen LogP contribution in [0.25, 0.3) is 6.08 Å². The summed E-state index contributed by atoms with van der Waals surface area (Å²) in [5.74, 6) is -1.01. The molecule has 2 aliphatic heterocycles. The van der Waals surface area contributed by atoms with E-state index >= 15 is 0 Å². The van der Waals surface area contributed by atoms with Gasteiger partial charge in [-0.25, -0.2) is 0 Å². The van der Waals surface area contributed by atoms with Crippen LogP contribution in [0.2, 0.25) is 0 Å². The lowest BCUT2D eigenvalue weighted by atomic mass is 9.81. The van der Waals surface area contributed by atoms with E-state index in [0.29, 0.717) is 31.5 Å². The lowest BCUT2D eigenvalue weighted by molar-refractivity contribution is -0.137. The summed E-state index contributed by atoms with van der Waals surface area (Å²) in [4.78, 5) is 27.3. The predicted octanol–water partition coefficient (Wildman–Crippen LogP) is 3.98. The number of halogens is 3. The Morgan fingerprint density at radius 3 is 2.41 bits per heavy atom. The number of rotatable bonds is 2. The van der Waals surface area contributed by atoms with Gasteiger partial charge in [0.2, 0.25) is 0 Å².